The lowest BCUT2D eigenvalue weighted by atomic mass is 10.2. The Bertz CT molecular complexity index is 883. The number of carbonyl (C=O) groups excluding carboxylic acids is 1. The number of pyridine rings is 1. The minimum Gasteiger partial charge on any atom is -0.490 e. The van der Waals surface area contributed by atoms with Crippen molar-refractivity contribution in [2.45, 2.75) is 20.0 Å². The smallest absolute Gasteiger partial charge is 0.315 e. The molecule has 6 heteroatoms. The van der Waals surface area contributed by atoms with Crippen LogP contribution in [-0.2, 0) is 13.1 Å². The van der Waals surface area contributed by atoms with E-state index in [2.05, 4.69) is 15.6 Å². The Balaban J connectivity index is 1.48. The van der Waals surface area contributed by atoms with E-state index in [0.29, 0.717) is 37.1 Å². The first kappa shape index (κ1) is 19.2. The molecule has 0 radical (unpaired) electrons. The zero-order chi connectivity index (χ0) is 19.6. The Morgan fingerprint density at radius 2 is 1.54 bits per heavy atom. The van der Waals surface area contributed by atoms with Crippen LogP contribution in [0.15, 0.2) is 72.9 Å². The van der Waals surface area contributed by atoms with E-state index in [1.54, 1.807) is 12.3 Å². The van der Waals surface area contributed by atoms with Crippen LogP contribution in [0.5, 0.6) is 17.4 Å². The summed E-state index contributed by atoms with van der Waals surface area (Å²) in [5, 5.41) is 5.64. The fourth-order valence-corrected chi connectivity index (χ4v) is 2.52. The minimum atomic E-state index is -0.227. The standard InChI is InChI=1S/C22H23N3O3/c1-2-27-19-10-6-7-11-20(19)28-21-13-12-18(15-23-21)16-25-22(26)24-14-17-8-4-3-5-9-17/h3-13,15H,2,14,16H2,1H3,(H2,24,25,26). The molecule has 28 heavy (non-hydrogen) atoms. The third-order valence-electron chi connectivity index (χ3n) is 3.91. The highest BCUT2D eigenvalue weighted by Crippen LogP contribution is 2.30. The summed E-state index contributed by atoms with van der Waals surface area (Å²) in [5.74, 6) is 1.75. The zero-order valence-corrected chi connectivity index (χ0v) is 15.7. The second kappa shape index (κ2) is 9.97. The van der Waals surface area contributed by atoms with Gasteiger partial charge >= 0.3 is 6.03 Å². The Morgan fingerprint density at radius 1 is 0.857 bits per heavy atom. The summed E-state index contributed by atoms with van der Waals surface area (Å²) in [4.78, 5) is 16.2. The fourth-order valence-electron chi connectivity index (χ4n) is 2.52. The third-order valence-corrected chi connectivity index (χ3v) is 3.91. The highest BCUT2D eigenvalue weighted by atomic mass is 16.5. The van der Waals surface area contributed by atoms with Gasteiger partial charge in [-0.3, -0.25) is 0 Å². The van der Waals surface area contributed by atoms with Crippen LogP contribution in [0.4, 0.5) is 4.79 Å². The number of ether oxygens (including phenoxy) is 2. The van der Waals surface area contributed by atoms with Gasteiger partial charge < -0.3 is 20.1 Å². The monoisotopic (exact) mass is 377 g/mol. The molecule has 1 heterocycles. The predicted octanol–water partition coefficient (Wildman–Crippen LogP) is 4.27. The van der Waals surface area contributed by atoms with Gasteiger partial charge in [0, 0.05) is 25.4 Å². The number of urea groups is 1. The van der Waals surface area contributed by atoms with Crippen LogP contribution in [0.3, 0.4) is 0 Å². The summed E-state index contributed by atoms with van der Waals surface area (Å²) in [6.45, 7) is 3.35. The summed E-state index contributed by atoms with van der Waals surface area (Å²) in [5.41, 5.74) is 1.92. The van der Waals surface area contributed by atoms with Crippen LogP contribution >= 0.6 is 0 Å². The SMILES string of the molecule is CCOc1ccccc1Oc1ccc(CNC(=O)NCc2ccccc2)cn1. The predicted molar refractivity (Wildman–Crippen MR) is 107 cm³/mol. The van der Waals surface area contributed by atoms with Crippen molar-refractivity contribution < 1.29 is 14.3 Å². The topological polar surface area (TPSA) is 72.5 Å². The molecule has 3 rings (SSSR count). The van der Waals surface area contributed by atoms with Gasteiger partial charge in [0.1, 0.15) is 0 Å². The fraction of sp³-hybridized carbons (Fsp3) is 0.182. The first-order valence-corrected chi connectivity index (χ1v) is 9.15. The van der Waals surface area contributed by atoms with Crippen LogP contribution in [0.25, 0.3) is 0 Å². The number of nitrogens with zero attached hydrogens (tertiary/aromatic N) is 1. The second-order valence-corrected chi connectivity index (χ2v) is 6.01. The van der Waals surface area contributed by atoms with Crippen molar-refractivity contribution in [3.63, 3.8) is 0 Å². The number of hydrogen-bond acceptors (Lipinski definition) is 4. The van der Waals surface area contributed by atoms with E-state index in [4.69, 9.17) is 9.47 Å². The van der Waals surface area contributed by atoms with E-state index in [-0.39, 0.29) is 6.03 Å². The highest BCUT2D eigenvalue weighted by Gasteiger charge is 2.06. The molecule has 2 aromatic carbocycles. The Labute approximate surface area is 164 Å². The lowest BCUT2D eigenvalue weighted by molar-refractivity contribution is 0.240. The van der Waals surface area contributed by atoms with E-state index >= 15 is 0 Å². The van der Waals surface area contributed by atoms with Gasteiger partial charge in [-0.25, -0.2) is 9.78 Å². The Morgan fingerprint density at radius 3 is 2.21 bits per heavy atom. The van der Waals surface area contributed by atoms with Crippen LogP contribution in [0.1, 0.15) is 18.1 Å². The summed E-state index contributed by atoms with van der Waals surface area (Å²) < 4.78 is 11.3. The van der Waals surface area contributed by atoms with Crippen LogP contribution < -0.4 is 20.1 Å². The van der Waals surface area contributed by atoms with Gasteiger partial charge in [0.2, 0.25) is 5.88 Å². The van der Waals surface area contributed by atoms with Crippen LogP contribution in [0, 0.1) is 0 Å². The molecular weight excluding hydrogens is 354 g/mol. The zero-order valence-electron chi connectivity index (χ0n) is 15.7. The number of rotatable bonds is 8. The normalized spacial score (nSPS) is 10.2. The number of amides is 2. The number of para-hydroxylation sites is 2. The highest BCUT2D eigenvalue weighted by molar-refractivity contribution is 5.73. The van der Waals surface area contributed by atoms with E-state index in [0.717, 1.165) is 11.1 Å². The van der Waals surface area contributed by atoms with Gasteiger partial charge in [0.15, 0.2) is 11.5 Å². The Kier molecular flexibility index (Phi) is 6.84. The average molecular weight is 377 g/mol. The van der Waals surface area contributed by atoms with Crippen molar-refractivity contribution in [1.82, 2.24) is 15.6 Å². The molecular formula is C22H23N3O3. The molecule has 0 aliphatic rings. The average Bonchev–Trinajstić information content (AvgIpc) is 2.74. The molecule has 0 aliphatic heterocycles. The van der Waals surface area contributed by atoms with Crippen molar-refractivity contribution in [3.8, 4) is 17.4 Å². The van der Waals surface area contributed by atoms with Gasteiger partial charge in [-0.15, -0.1) is 0 Å². The Hall–Kier alpha value is -3.54. The number of nitrogens with one attached hydrogen (secondary N) is 2. The molecule has 0 aliphatic carbocycles. The molecule has 6 nitrogen and oxygen atoms in total. The van der Waals surface area contributed by atoms with E-state index in [1.165, 1.54) is 0 Å². The maximum atomic E-state index is 11.9. The van der Waals surface area contributed by atoms with E-state index in [1.807, 2.05) is 67.6 Å². The number of aromatic nitrogens is 1. The van der Waals surface area contributed by atoms with Crippen molar-refractivity contribution in [3.05, 3.63) is 84.1 Å². The summed E-state index contributed by atoms with van der Waals surface area (Å²) in [7, 11) is 0. The quantitative estimate of drug-likeness (QED) is 0.615. The third kappa shape index (κ3) is 5.74. The molecule has 2 amide bonds. The molecule has 0 fully saturated rings. The maximum absolute atomic E-state index is 11.9. The number of hydrogen-bond donors (Lipinski definition) is 2. The van der Waals surface area contributed by atoms with Crippen LogP contribution in [0.2, 0.25) is 0 Å². The molecule has 1 aromatic heterocycles. The van der Waals surface area contributed by atoms with Gasteiger partial charge in [0.25, 0.3) is 0 Å². The molecule has 144 valence electrons. The number of benzene rings is 2. The maximum Gasteiger partial charge on any atom is 0.315 e. The molecule has 3 aromatic rings. The first-order valence-electron chi connectivity index (χ1n) is 9.15. The number of carbonyl (C=O) groups is 1. The molecule has 0 unspecified atom stereocenters. The summed E-state index contributed by atoms with van der Waals surface area (Å²) in [6, 6.07) is 20.6. The van der Waals surface area contributed by atoms with Gasteiger partial charge in [-0.1, -0.05) is 48.5 Å². The van der Waals surface area contributed by atoms with E-state index in [9.17, 15) is 4.79 Å². The largest absolute Gasteiger partial charge is 0.490 e. The molecule has 0 bridgehead atoms. The van der Waals surface area contributed by atoms with Crippen molar-refractivity contribution in [1.29, 1.82) is 0 Å². The molecule has 0 saturated carbocycles. The first-order chi connectivity index (χ1) is 13.7. The molecule has 2 N–H and O–H groups in total. The van der Waals surface area contributed by atoms with Gasteiger partial charge in [-0.2, -0.15) is 0 Å². The van der Waals surface area contributed by atoms with Crippen molar-refractivity contribution >= 4 is 6.03 Å². The van der Waals surface area contributed by atoms with E-state index < -0.39 is 0 Å². The molecule has 0 spiro atoms. The molecule has 0 saturated heterocycles. The lowest BCUT2D eigenvalue weighted by Gasteiger charge is -2.11. The van der Waals surface area contributed by atoms with Gasteiger partial charge in [-0.05, 0) is 30.2 Å². The lowest BCUT2D eigenvalue weighted by Crippen LogP contribution is -2.34. The minimum absolute atomic E-state index is 0.227. The summed E-state index contributed by atoms with van der Waals surface area (Å²) >= 11 is 0. The second-order valence-electron chi connectivity index (χ2n) is 6.01. The van der Waals surface area contributed by atoms with Crippen molar-refractivity contribution in [2.24, 2.45) is 0 Å². The van der Waals surface area contributed by atoms with Gasteiger partial charge in [0.05, 0.1) is 6.61 Å². The summed E-state index contributed by atoms with van der Waals surface area (Å²) in [6.07, 6.45) is 1.68. The van der Waals surface area contributed by atoms with Crippen LogP contribution in [-0.4, -0.2) is 17.6 Å². The van der Waals surface area contributed by atoms with Crippen molar-refractivity contribution in [2.75, 3.05) is 6.61 Å². The molecule has 0 atom stereocenters.